The highest BCUT2D eigenvalue weighted by Gasteiger charge is 2.10. The molecule has 2 aromatic carbocycles. The van der Waals surface area contributed by atoms with Crippen molar-refractivity contribution in [2.24, 2.45) is 0 Å². The first kappa shape index (κ1) is 17.8. The zero-order chi connectivity index (χ0) is 18.5. The number of carbonyl (C=O) groups excluding carboxylic acids is 1. The molecule has 8 heteroatoms. The molecule has 7 nitrogen and oxygen atoms in total. The first-order valence-corrected chi connectivity index (χ1v) is 8.56. The van der Waals surface area contributed by atoms with E-state index in [1.165, 1.54) is 0 Å². The number of aryl methyl sites for hydroxylation is 1. The number of aromatic nitrogens is 3. The van der Waals surface area contributed by atoms with Crippen LogP contribution in [0.15, 0.2) is 53.0 Å². The number of benzene rings is 2. The number of rotatable bonds is 5. The molecule has 0 saturated carbocycles. The molecule has 0 aliphatic rings. The summed E-state index contributed by atoms with van der Waals surface area (Å²) in [5, 5.41) is 3.05. The summed E-state index contributed by atoms with van der Waals surface area (Å²) in [7, 11) is 0. The topological polar surface area (TPSA) is 103 Å². The molecule has 0 radical (unpaired) electrons. The third-order valence-corrected chi connectivity index (χ3v) is 3.95. The fourth-order valence-corrected chi connectivity index (χ4v) is 2.39. The molecule has 26 heavy (non-hydrogen) atoms. The van der Waals surface area contributed by atoms with Crippen LogP contribution in [0.4, 0.5) is 17.6 Å². The van der Waals surface area contributed by atoms with E-state index >= 15 is 0 Å². The maximum Gasteiger partial charge on any atom is 0.338 e. The minimum Gasteiger partial charge on any atom is -0.454 e. The smallest absolute Gasteiger partial charge is 0.338 e. The Morgan fingerprint density at radius 1 is 1.08 bits per heavy atom. The van der Waals surface area contributed by atoms with E-state index in [1.54, 1.807) is 24.3 Å². The van der Waals surface area contributed by atoms with Gasteiger partial charge in [0.2, 0.25) is 11.9 Å². The highest BCUT2D eigenvalue weighted by atomic mass is 79.9. The summed E-state index contributed by atoms with van der Waals surface area (Å²) in [5.74, 6) is 0.127. The highest BCUT2D eigenvalue weighted by Crippen LogP contribution is 2.15. The van der Waals surface area contributed by atoms with Gasteiger partial charge in [0.25, 0.3) is 0 Å². The molecule has 0 saturated heterocycles. The number of nitrogen functional groups attached to an aromatic ring is 1. The molecule has 3 rings (SSSR count). The van der Waals surface area contributed by atoms with Gasteiger partial charge in [-0.25, -0.2) is 4.79 Å². The van der Waals surface area contributed by atoms with Crippen LogP contribution < -0.4 is 11.1 Å². The zero-order valence-corrected chi connectivity index (χ0v) is 15.5. The molecule has 0 spiro atoms. The van der Waals surface area contributed by atoms with Crippen molar-refractivity contribution in [3.8, 4) is 0 Å². The molecule has 0 fully saturated rings. The Morgan fingerprint density at radius 3 is 2.46 bits per heavy atom. The van der Waals surface area contributed by atoms with Crippen molar-refractivity contribution >= 4 is 39.5 Å². The van der Waals surface area contributed by atoms with Crippen molar-refractivity contribution in [1.82, 2.24) is 15.0 Å². The summed E-state index contributed by atoms with van der Waals surface area (Å²) < 4.78 is 6.12. The quantitative estimate of drug-likeness (QED) is 0.615. The Morgan fingerprint density at radius 2 is 1.77 bits per heavy atom. The maximum absolute atomic E-state index is 12.1. The van der Waals surface area contributed by atoms with Crippen molar-refractivity contribution in [3.63, 3.8) is 0 Å². The summed E-state index contributed by atoms with van der Waals surface area (Å²) >= 11 is 3.32. The van der Waals surface area contributed by atoms with E-state index in [9.17, 15) is 4.79 Å². The summed E-state index contributed by atoms with van der Waals surface area (Å²) in [6.07, 6.45) is 0. The van der Waals surface area contributed by atoms with Crippen LogP contribution in [-0.2, 0) is 11.3 Å². The summed E-state index contributed by atoms with van der Waals surface area (Å²) in [4.78, 5) is 24.3. The van der Waals surface area contributed by atoms with Crippen LogP contribution in [0.25, 0.3) is 0 Å². The second kappa shape index (κ2) is 7.92. The third kappa shape index (κ3) is 4.76. The summed E-state index contributed by atoms with van der Waals surface area (Å²) in [6, 6.07) is 14.6. The van der Waals surface area contributed by atoms with Gasteiger partial charge >= 0.3 is 5.97 Å². The molecule has 1 aromatic heterocycles. The lowest BCUT2D eigenvalue weighted by Crippen LogP contribution is -2.11. The molecular weight excluding hydrogens is 398 g/mol. The predicted molar refractivity (Wildman–Crippen MR) is 102 cm³/mol. The predicted octanol–water partition coefficient (Wildman–Crippen LogP) is 3.63. The van der Waals surface area contributed by atoms with Gasteiger partial charge in [0, 0.05) is 10.2 Å². The molecule has 0 amide bonds. The SMILES string of the molecule is Cc1ccc(Nc2nc(N)nc(COC(=O)c3ccc(Br)cc3)n2)cc1. The number of nitrogens with zero attached hydrogens (tertiary/aromatic N) is 3. The van der Waals surface area contributed by atoms with Gasteiger partial charge in [0.15, 0.2) is 12.4 Å². The van der Waals surface area contributed by atoms with Crippen molar-refractivity contribution in [2.75, 3.05) is 11.1 Å². The molecular formula is C18H16BrN5O2. The second-order valence-electron chi connectivity index (χ2n) is 5.51. The molecule has 132 valence electrons. The van der Waals surface area contributed by atoms with E-state index in [0.29, 0.717) is 5.56 Å². The lowest BCUT2D eigenvalue weighted by Gasteiger charge is -2.08. The molecule has 1 heterocycles. The highest BCUT2D eigenvalue weighted by molar-refractivity contribution is 9.10. The molecule has 0 bridgehead atoms. The second-order valence-corrected chi connectivity index (χ2v) is 6.42. The Labute approximate surface area is 158 Å². The van der Waals surface area contributed by atoms with Crippen LogP contribution in [0.2, 0.25) is 0 Å². The lowest BCUT2D eigenvalue weighted by atomic mass is 10.2. The fraction of sp³-hybridized carbons (Fsp3) is 0.111. The fourth-order valence-electron chi connectivity index (χ4n) is 2.12. The molecule has 0 aliphatic heterocycles. The van der Waals surface area contributed by atoms with E-state index in [4.69, 9.17) is 10.5 Å². The zero-order valence-electron chi connectivity index (χ0n) is 13.9. The molecule has 0 unspecified atom stereocenters. The van der Waals surface area contributed by atoms with E-state index in [0.717, 1.165) is 15.7 Å². The average Bonchev–Trinajstić information content (AvgIpc) is 2.62. The number of anilines is 3. The first-order valence-electron chi connectivity index (χ1n) is 7.76. The maximum atomic E-state index is 12.1. The number of ether oxygens (including phenoxy) is 1. The Hall–Kier alpha value is -3.00. The summed E-state index contributed by atoms with van der Waals surface area (Å²) in [6.45, 7) is 1.90. The van der Waals surface area contributed by atoms with E-state index in [1.807, 2.05) is 31.2 Å². The van der Waals surface area contributed by atoms with Crippen LogP contribution >= 0.6 is 15.9 Å². The lowest BCUT2D eigenvalue weighted by molar-refractivity contribution is 0.0462. The van der Waals surface area contributed by atoms with Crippen molar-refractivity contribution in [1.29, 1.82) is 0 Å². The number of carbonyl (C=O) groups is 1. The number of esters is 1. The normalized spacial score (nSPS) is 10.4. The minimum atomic E-state index is -0.468. The minimum absolute atomic E-state index is 0.0457. The standard InChI is InChI=1S/C18H16BrN5O2/c1-11-2-8-14(9-3-11)21-18-23-15(22-17(20)24-18)10-26-16(25)12-4-6-13(19)7-5-12/h2-9H,10H2,1H3,(H3,20,21,22,23,24). The van der Waals surface area contributed by atoms with Gasteiger partial charge < -0.3 is 15.8 Å². The Bertz CT molecular complexity index is 914. The van der Waals surface area contributed by atoms with Crippen LogP contribution in [0.1, 0.15) is 21.7 Å². The van der Waals surface area contributed by atoms with Crippen molar-refractivity contribution in [3.05, 3.63) is 70.0 Å². The van der Waals surface area contributed by atoms with Gasteiger partial charge in [-0.05, 0) is 43.3 Å². The van der Waals surface area contributed by atoms with Crippen LogP contribution in [0.5, 0.6) is 0 Å². The van der Waals surface area contributed by atoms with Gasteiger partial charge in [-0.2, -0.15) is 15.0 Å². The van der Waals surface area contributed by atoms with E-state index < -0.39 is 5.97 Å². The van der Waals surface area contributed by atoms with Crippen molar-refractivity contribution < 1.29 is 9.53 Å². The Kier molecular flexibility index (Phi) is 5.43. The Balaban J connectivity index is 1.68. The molecule has 3 aromatic rings. The van der Waals surface area contributed by atoms with Gasteiger partial charge in [-0.15, -0.1) is 0 Å². The monoisotopic (exact) mass is 413 g/mol. The largest absolute Gasteiger partial charge is 0.454 e. The van der Waals surface area contributed by atoms with Crippen LogP contribution in [-0.4, -0.2) is 20.9 Å². The number of nitrogens with one attached hydrogen (secondary N) is 1. The number of hydrogen-bond donors (Lipinski definition) is 2. The van der Waals surface area contributed by atoms with Gasteiger partial charge in [-0.3, -0.25) is 0 Å². The summed E-state index contributed by atoms with van der Waals surface area (Å²) in [5.41, 5.74) is 8.12. The molecule has 0 atom stereocenters. The van der Waals surface area contributed by atoms with Crippen molar-refractivity contribution in [2.45, 2.75) is 13.5 Å². The van der Waals surface area contributed by atoms with Crippen LogP contribution in [0.3, 0.4) is 0 Å². The van der Waals surface area contributed by atoms with Gasteiger partial charge in [-0.1, -0.05) is 33.6 Å². The number of nitrogens with two attached hydrogens (primary N) is 1. The van der Waals surface area contributed by atoms with Gasteiger partial charge in [0.05, 0.1) is 5.56 Å². The molecule has 3 N–H and O–H groups in total. The van der Waals surface area contributed by atoms with Gasteiger partial charge in [0.1, 0.15) is 0 Å². The molecule has 0 aliphatic carbocycles. The van der Waals surface area contributed by atoms with Crippen LogP contribution in [0, 0.1) is 6.92 Å². The number of halogens is 1. The number of hydrogen-bond acceptors (Lipinski definition) is 7. The van der Waals surface area contributed by atoms with E-state index in [-0.39, 0.29) is 24.3 Å². The average molecular weight is 414 g/mol. The first-order chi connectivity index (χ1) is 12.5. The third-order valence-electron chi connectivity index (χ3n) is 3.42. The van der Waals surface area contributed by atoms with E-state index in [2.05, 4.69) is 36.2 Å².